The van der Waals surface area contributed by atoms with E-state index in [-0.39, 0.29) is 23.3 Å². The molecule has 7 nitrogen and oxygen atoms in total. The predicted octanol–water partition coefficient (Wildman–Crippen LogP) is 0.678. The first-order valence-corrected chi connectivity index (χ1v) is 10.2. The van der Waals surface area contributed by atoms with Crippen LogP contribution in [0.15, 0.2) is 5.16 Å². The fourth-order valence-electron chi connectivity index (χ4n) is 2.60. The lowest BCUT2D eigenvalue weighted by atomic mass is 10.1. The van der Waals surface area contributed by atoms with Gasteiger partial charge in [-0.05, 0) is 20.3 Å². The molecule has 1 aliphatic heterocycles. The number of nitrogens with zero attached hydrogens (tertiary/aromatic N) is 4. The van der Waals surface area contributed by atoms with Crippen molar-refractivity contribution in [3.63, 3.8) is 0 Å². The molecule has 124 valence electrons. The first-order valence-electron chi connectivity index (χ1n) is 7.38. The largest absolute Gasteiger partial charge is 0.343 e. The van der Waals surface area contributed by atoms with Crippen molar-refractivity contribution in [1.29, 1.82) is 0 Å². The van der Waals surface area contributed by atoms with E-state index in [2.05, 4.69) is 10.2 Å². The van der Waals surface area contributed by atoms with Crippen molar-refractivity contribution in [3.8, 4) is 0 Å². The Morgan fingerprint density at radius 2 is 2.05 bits per heavy atom. The van der Waals surface area contributed by atoms with Crippen LogP contribution in [0, 0.1) is 0 Å². The highest BCUT2D eigenvalue weighted by Crippen LogP contribution is 2.29. The summed E-state index contributed by atoms with van der Waals surface area (Å²) in [4.78, 5) is 13.8. The van der Waals surface area contributed by atoms with Gasteiger partial charge in [-0.1, -0.05) is 11.8 Å². The van der Waals surface area contributed by atoms with Crippen LogP contribution in [0.4, 0.5) is 0 Å². The molecular formula is C13H22N4O3S2. The number of carbonyl (C=O) groups is 1. The summed E-state index contributed by atoms with van der Waals surface area (Å²) in [5, 5.41) is 8.88. The summed E-state index contributed by atoms with van der Waals surface area (Å²) in [6.45, 7) is 5.29. The quantitative estimate of drug-likeness (QED) is 0.704. The molecule has 1 unspecified atom stereocenters. The molecule has 9 heteroatoms. The van der Waals surface area contributed by atoms with E-state index in [4.69, 9.17) is 0 Å². The second-order valence-corrected chi connectivity index (χ2v) is 8.53. The van der Waals surface area contributed by atoms with Crippen LogP contribution in [-0.2, 0) is 21.7 Å². The Bertz CT molecular complexity index is 638. The van der Waals surface area contributed by atoms with Gasteiger partial charge in [-0.2, -0.15) is 0 Å². The molecule has 0 N–H and O–H groups in total. The van der Waals surface area contributed by atoms with Crippen molar-refractivity contribution in [2.75, 3.05) is 30.3 Å². The van der Waals surface area contributed by atoms with Crippen molar-refractivity contribution in [2.24, 2.45) is 7.05 Å². The van der Waals surface area contributed by atoms with E-state index in [0.29, 0.717) is 36.2 Å². The minimum atomic E-state index is -2.94. The van der Waals surface area contributed by atoms with E-state index in [0.717, 1.165) is 0 Å². The van der Waals surface area contributed by atoms with Crippen LogP contribution >= 0.6 is 11.8 Å². The molecule has 2 heterocycles. The van der Waals surface area contributed by atoms with E-state index >= 15 is 0 Å². The van der Waals surface area contributed by atoms with Gasteiger partial charge in [-0.15, -0.1) is 10.2 Å². The third-order valence-electron chi connectivity index (χ3n) is 3.91. The Hall–Kier alpha value is -1.09. The second kappa shape index (κ2) is 6.99. The lowest BCUT2D eigenvalue weighted by Gasteiger charge is -2.17. The van der Waals surface area contributed by atoms with E-state index in [1.165, 1.54) is 11.8 Å². The lowest BCUT2D eigenvalue weighted by Crippen LogP contribution is -2.31. The van der Waals surface area contributed by atoms with E-state index in [1.807, 2.05) is 25.5 Å². The van der Waals surface area contributed by atoms with Crippen LogP contribution in [0.25, 0.3) is 0 Å². The molecule has 1 aliphatic rings. The number of amides is 1. The minimum absolute atomic E-state index is 0.0722. The minimum Gasteiger partial charge on any atom is -0.343 e. The summed E-state index contributed by atoms with van der Waals surface area (Å²) in [6.07, 6.45) is 0.595. The third-order valence-corrected chi connectivity index (χ3v) is 6.68. The van der Waals surface area contributed by atoms with Gasteiger partial charge in [0.2, 0.25) is 5.91 Å². The topological polar surface area (TPSA) is 85.2 Å². The van der Waals surface area contributed by atoms with E-state index < -0.39 is 9.84 Å². The summed E-state index contributed by atoms with van der Waals surface area (Å²) in [5.41, 5.74) is 0. The van der Waals surface area contributed by atoms with Crippen LogP contribution < -0.4 is 0 Å². The summed E-state index contributed by atoms with van der Waals surface area (Å²) >= 11 is 1.34. The smallest absolute Gasteiger partial charge is 0.233 e. The van der Waals surface area contributed by atoms with Crippen molar-refractivity contribution in [2.45, 2.75) is 31.3 Å². The normalized spacial score (nSPS) is 20.2. The number of aromatic nitrogens is 3. The van der Waals surface area contributed by atoms with Crippen molar-refractivity contribution in [1.82, 2.24) is 19.7 Å². The van der Waals surface area contributed by atoms with Gasteiger partial charge in [0.25, 0.3) is 0 Å². The predicted molar refractivity (Wildman–Crippen MR) is 85.7 cm³/mol. The fraction of sp³-hybridized carbons (Fsp3) is 0.769. The first-order chi connectivity index (χ1) is 10.4. The Kier molecular flexibility index (Phi) is 5.49. The van der Waals surface area contributed by atoms with Gasteiger partial charge < -0.3 is 9.47 Å². The number of sulfone groups is 1. The first kappa shape index (κ1) is 17.3. The Morgan fingerprint density at radius 1 is 1.36 bits per heavy atom. The number of hydrogen-bond acceptors (Lipinski definition) is 6. The molecule has 1 fully saturated rings. The zero-order valence-corrected chi connectivity index (χ0v) is 14.8. The molecule has 0 bridgehead atoms. The summed E-state index contributed by atoms with van der Waals surface area (Å²) < 4.78 is 25.0. The zero-order chi connectivity index (χ0) is 16.3. The Morgan fingerprint density at radius 3 is 2.59 bits per heavy atom. The molecule has 1 aromatic heterocycles. The lowest BCUT2D eigenvalue weighted by molar-refractivity contribution is -0.127. The molecule has 0 aliphatic carbocycles. The maximum atomic E-state index is 12.0. The fourth-order valence-corrected chi connectivity index (χ4v) is 5.16. The average molecular weight is 346 g/mol. The number of hydrogen-bond donors (Lipinski definition) is 0. The molecule has 0 saturated carbocycles. The molecule has 0 radical (unpaired) electrons. The highest BCUT2D eigenvalue weighted by atomic mass is 32.2. The summed E-state index contributed by atoms with van der Waals surface area (Å²) in [5.74, 6) is 1.35. The highest BCUT2D eigenvalue weighted by molar-refractivity contribution is 7.99. The number of thioether (sulfide) groups is 1. The van der Waals surface area contributed by atoms with E-state index in [1.54, 1.807) is 4.90 Å². The van der Waals surface area contributed by atoms with Gasteiger partial charge in [-0.25, -0.2) is 8.42 Å². The van der Waals surface area contributed by atoms with Crippen LogP contribution in [0.1, 0.15) is 32.0 Å². The molecule has 1 amide bonds. The second-order valence-electron chi connectivity index (χ2n) is 5.35. The van der Waals surface area contributed by atoms with E-state index in [9.17, 15) is 13.2 Å². The summed E-state index contributed by atoms with van der Waals surface area (Å²) in [7, 11) is -1.12. The van der Waals surface area contributed by atoms with Gasteiger partial charge in [-0.3, -0.25) is 4.79 Å². The van der Waals surface area contributed by atoms with Crippen molar-refractivity contribution in [3.05, 3.63) is 5.82 Å². The van der Waals surface area contributed by atoms with Gasteiger partial charge in [0.05, 0.1) is 17.3 Å². The van der Waals surface area contributed by atoms with Gasteiger partial charge in [0.1, 0.15) is 5.82 Å². The van der Waals surface area contributed by atoms with Crippen LogP contribution in [0.5, 0.6) is 0 Å². The Labute approximate surface area is 135 Å². The van der Waals surface area contributed by atoms with Crippen molar-refractivity contribution >= 4 is 27.5 Å². The van der Waals surface area contributed by atoms with Gasteiger partial charge in [0, 0.05) is 26.1 Å². The Balaban J connectivity index is 2.01. The zero-order valence-electron chi connectivity index (χ0n) is 13.2. The monoisotopic (exact) mass is 346 g/mol. The number of rotatable bonds is 6. The SMILES string of the molecule is CCN(CC)C(=O)CSc1nnc(C2CCS(=O)(=O)C2)n1C. The summed E-state index contributed by atoms with van der Waals surface area (Å²) in [6, 6.07) is 0. The highest BCUT2D eigenvalue weighted by Gasteiger charge is 2.32. The van der Waals surface area contributed by atoms with Crippen LogP contribution in [-0.4, -0.2) is 64.3 Å². The van der Waals surface area contributed by atoms with Gasteiger partial charge >= 0.3 is 0 Å². The maximum Gasteiger partial charge on any atom is 0.233 e. The van der Waals surface area contributed by atoms with Crippen molar-refractivity contribution < 1.29 is 13.2 Å². The molecule has 0 spiro atoms. The molecule has 1 aromatic rings. The molecule has 1 atom stereocenters. The molecule has 22 heavy (non-hydrogen) atoms. The standard InChI is InChI=1S/C13H22N4O3S2/c1-4-17(5-2)11(18)8-21-13-15-14-12(16(13)3)10-6-7-22(19,20)9-10/h10H,4-9H2,1-3H3. The molecule has 1 saturated heterocycles. The molecular weight excluding hydrogens is 324 g/mol. The molecule has 2 rings (SSSR count). The third kappa shape index (κ3) is 3.81. The number of carbonyl (C=O) groups excluding carboxylic acids is 1. The van der Waals surface area contributed by atoms with Crippen LogP contribution in [0.2, 0.25) is 0 Å². The van der Waals surface area contributed by atoms with Gasteiger partial charge in [0.15, 0.2) is 15.0 Å². The average Bonchev–Trinajstić information content (AvgIpc) is 3.00. The van der Waals surface area contributed by atoms with Crippen LogP contribution in [0.3, 0.4) is 0 Å². The maximum absolute atomic E-state index is 12.0. The molecule has 0 aromatic carbocycles.